The molecule has 0 atom stereocenters. The van der Waals surface area contributed by atoms with Gasteiger partial charge >= 0.3 is 6.03 Å². The van der Waals surface area contributed by atoms with Gasteiger partial charge in [0.25, 0.3) is 11.8 Å². The summed E-state index contributed by atoms with van der Waals surface area (Å²) < 4.78 is 5.60. The number of amides is 4. The van der Waals surface area contributed by atoms with E-state index in [0.717, 1.165) is 22.4 Å². The Balaban J connectivity index is 1.98. The maximum Gasteiger partial charge on any atom is 0.335 e. The predicted molar refractivity (Wildman–Crippen MR) is 107 cm³/mol. The molecule has 1 aliphatic heterocycles. The molecule has 0 aliphatic carbocycles. The maximum absolute atomic E-state index is 13.0. The molecule has 2 aromatic carbocycles. The second kappa shape index (κ2) is 8.08. The number of hydrogen-bond donors (Lipinski definition) is 1. The fourth-order valence-corrected chi connectivity index (χ4v) is 2.92. The van der Waals surface area contributed by atoms with E-state index in [2.05, 4.69) is 5.32 Å². The quantitative estimate of drug-likeness (QED) is 0.635. The molecule has 3 rings (SSSR count). The molecule has 2 aromatic rings. The molecule has 1 fully saturated rings. The number of carbonyl (C=O) groups excluding carboxylic acids is 3. The molecular weight excluding hydrogens is 356 g/mol. The number of carbonyl (C=O) groups is 3. The van der Waals surface area contributed by atoms with Gasteiger partial charge in [0.15, 0.2) is 0 Å². The van der Waals surface area contributed by atoms with E-state index in [4.69, 9.17) is 4.74 Å². The van der Waals surface area contributed by atoms with Gasteiger partial charge in [-0.1, -0.05) is 31.2 Å². The van der Waals surface area contributed by atoms with Crippen LogP contribution in [0.4, 0.5) is 10.5 Å². The molecule has 1 aliphatic rings. The summed E-state index contributed by atoms with van der Waals surface area (Å²) in [6.07, 6.45) is 2.35. The molecule has 1 heterocycles. The maximum atomic E-state index is 13.0. The van der Waals surface area contributed by atoms with Crippen molar-refractivity contribution in [2.24, 2.45) is 0 Å². The van der Waals surface area contributed by atoms with Gasteiger partial charge < -0.3 is 4.74 Å². The van der Waals surface area contributed by atoms with Crippen molar-refractivity contribution in [3.63, 3.8) is 0 Å². The number of benzene rings is 2. The minimum absolute atomic E-state index is 0.104. The number of hydrogen-bond acceptors (Lipinski definition) is 4. The first-order valence-corrected chi connectivity index (χ1v) is 9.12. The average Bonchev–Trinajstić information content (AvgIpc) is 2.66. The summed E-state index contributed by atoms with van der Waals surface area (Å²) in [5.74, 6) is -0.707. The van der Waals surface area contributed by atoms with Crippen LogP contribution in [0.3, 0.4) is 0 Å². The number of anilines is 1. The van der Waals surface area contributed by atoms with Crippen molar-refractivity contribution in [2.75, 3.05) is 11.5 Å². The Morgan fingerprint density at radius 1 is 1.07 bits per heavy atom. The molecule has 144 valence electrons. The van der Waals surface area contributed by atoms with Crippen molar-refractivity contribution >= 4 is 29.6 Å². The lowest BCUT2D eigenvalue weighted by atomic mass is 10.0. The molecular formula is C22H22N2O4. The summed E-state index contributed by atoms with van der Waals surface area (Å²) in [4.78, 5) is 38.7. The van der Waals surface area contributed by atoms with Gasteiger partial charge in [0.1, 0.15) is 11.3 Å². The normalized spacial score (nSPS) is 15.8. The minimum Gasteiger partial charge on any atom is -0.494 e. The SMILES string of the molecule is CCCOc1cccc(/C=C2/C(=O)NC(=O)N(c3cc(C)ccc3C)C2=O)c1. The summed E-state index contributed by atoms with van der Waals surface area (Å²) in [5.41, 5.74) is 2.67. The molecule has 1 saturated heterocycles. The lowest BCUT2D eigenvalue weighted by Crippen LogP contribution is -2.54. The first-order valence-electron chi connectivity index (χ1n) is 9.12. The summed E-state index contributed by atoms with van der Waals surface area (Å²) in [6, 6.07) is 11.9. The Morgan fingerprint density at radius 3 is 2.61 bits per heavy atom. The van der Waals surface area contributed by atoms with Crippen LogP contribution in [-0.4, -0.2) is 24.5 Å². The van der Waals surface area contributed by atoms with Gasteiger partial charge in [-0.25, -0.2) is 9.69 Å². The Kier molecular flexibility index (Phi) is 5.59. The number of ether oxygens (including phenoxy) is 1. The van der Waals surface area contributed by atoms with E-state index >= 15 is 0 Å². The second-order valence-electron chi connectivity index (χ2n) is 6.67. The first-order chi connectivity index (χ1) is 13.4. The highest BCUT2D eigenvalue weighted by Gasteiger charge is 2.37. The highest BCUT2D eigenvalue weighted by molar-refractivity contribution is 6.39. The number of nitrogens with zero attached hydrogens (tertiary/aromatic N) is 1. The molecule has 0 saturated carbocycles. The van der Waals surface area contributed by atoms with Crippen LogP contribution in [0.25, 0.3) is 6.08 Å². The molecule has 1 N–H and O–H groups in total. The van der Waals surface area contributed by atoms with E-state index in [0.29, 0.717) is 23.6 Å². The molecule has 6 nitrogen and oxygen atoms in total. The standard InChI is InChI=1S/C22H22N2O4/c1-4-10-28-17-7-5-6-16(12-17)13-18-20(25)23-22(27)24(21(18)26)19-11-14(2)8-9-15(19)3/h5-9,11-13H,4,10H2,1-3H3,(H,23,25,27)/b18-13-. The van der Waals surface area contributed by atoms with Gasteiger partial charge in [0.2, 0.25) is 0 Å². The number of barbiturate groups is 1. The van der Waals surface area contributed by atoms with Gasteiger partial charge in [0.05, 0.1) is 12.3 Å². The lowest BCUT2D eigenvalue weighted by Gasteiger charge is -2.27. The second-order valence-corrected chi connectivity index (χ2v) is 6.67. The number of urea groups is 1. The Hall–Kier alpha value is -3.41. The van der Waals surface area contributed by atoms with E-state index in [1.807, 2.05) is 39.0 Å². The number of rotatable bonds is 5. The Labute approximate surface area is 163 Å². The molecule has 6 heteroatoms. The van der Waals surface area contributed by atoms with Crippen LogP contribution in [0.2, 0.25) is 0 Å². The van der Waals surface area contributed by atoms with Crippen LogP contribution in [0, 0.1) is 13.8 Å². The van der Waals surface area contributed by atoms with Crippen molar-refractivity contribution in [3.8, 4) is 5.75 Å². The van der Waals surface area contributed by atoms with Crippen molar-refractivity contribution in [1.82, 2.24) is 5.32 Å². The number of aryl methyl sites for hydroxylation is 2. The van der Waals surface area contributed by atoms with Crippen LogP contribution >= 0.6 is 0 Å². The van der Waals surface area contributed by atoms with E-state index in [1.165, 1.54) is 6.08 Å². The van der Waals surface area contributed by atoms with Crippen molar-refractivity contribution in [1.29, 1.82) is 0 Å². The zero-order valence-corrected chi connectivity index (χ0v) is 16.1. The minimum atomic E-state index is -0.749. The topological polar surface area (TPSA) is 75.7 Å². The van der Waals surface area contributed by atoms with Gasteiger partial charge in [-0.05, 0) is 61.2 Å². The van der Waals surface area contributed by atoms with Gasteiger partial charge in [-0.2, -0.15) is 0 Å². The molecule has 0 aromatic heterocycles. The first kappa shape index (κ1) is 19.4. The van der Waals surface area contributed by atoms with E-state index < -0.39 is 17.8 Å². The zero-order chi connectivity index (χ0) is 20.3. The molecule has 0 radical (unpaired) electrons. The van der Waals surface area contributed by atoms with Gasteiger partial charge in [-0.15, -0.1) is 0 Å². The van der Waals surface area contributed by atoms with Gasteiger partial charge in [-0.3, -0.25) is 14.9 Å². The zero-order valence-electron chi connectivity index (χ0n) is 16.1. The fourth-order valence-electron chi connectivity index (χ4n) is 2.92. The summed E-state index contributed by atoms with van der Waals surface area (Å²) in [6.45, 7) is 6.27. The lowest BCUT2D eigenvalue weighted by molar-refractivity contribution is -0.122. The van der Waals surface area contributed by atoms with Crippen LogP contribution in [0.5, 0.6) is 5.75 Å². The monoisotopic (exact) mass is 378 g/mol. The smallest absolute Gasteiger partial charge is 0.335 e. The molecule has 28 heavy (non-hydrogen) atoms. The van der Waals surface area contributed by atoms with Crippen molar-refractivity contribution in [2.45, 2.75) is 27.2 Å². The van der Waals surface area contributed by atoms with Crippen LogP contribution in [0.1, 0.15) is 30.0 Å². The third-order valence-corrected chi connectivity index (χ3v) is 4.35. The summed E-state index contributed by atoms with van der Waals surface area (Å²) in [7, 11) is 0. The Morgan fingerprint density at radius 2 is 1.86 bits per heavy atom. The summed E-state index contributed by atoms with van der Waals surface area (Å²) in [5, 5.41) is 2.25. The fraction of sp³-hybridized carbons (Fsp3) is 0.227. The van der Waals surface area contributed by atoms with E-state index in [1.54, 1.807) is 24.3 Å². The third kappa shape index (κ3) is 3.96. The van der Waals surface area contributed by atoms with Gasteiger partial charge in [0, 0.05) is 0 Å². The summed E-state index contributed by atoms with van der Waals surface area (Å²) >= 11 is 0. The number of imide groups is 2. The Bertz CT molecular complexity index is 978. The molecule has 0 unspecified atom stereocenters. The molecule has 0 bridgehead atoms. The van der Waals surface area contributed by atoms with Crippen LogP contribution < -0.4 is 15.0 Å². The average molecular weight is 378 g/mol. The highest BCUT2D eigenvalue weighted by atomic mass is 16.5. The van der Waals surface area contributed by atoms with Crippen LogP contribution in [-0.2, 0) is 9.59 Å². The largest absolute Gasteiger partial charge is 0.494 e. The third-order valence-electron chi connectivity index (χ3n) is 4.35. The predicted octanol–water partition coefficient (Wildman–Crippen LogP) is 3.76. The highest BCUT2D eigenvalue weighted by Crippen LogP contribution is 2.26. The van der Waals surface area contributed by atoms with Crippen molar-refractivity contribution < 1.29 is 19.1 Å². The van der Waals surface area contributed by atoms with Crippen molar-refractivity contribution in [3.05, 3.63) is 64.7 Å². The molecule has 4 amide bonds. The number of nitrogens with one attached hydrogen (secondary N) is 1. The molecule has 0 spiro atoms. The van der Waals surface area contributed by atoms with E-state index in [-0.39, 0.29) is 5.57 Å². The van der Waals surface area contributed by atoms with Crippen LogP contribution in [0.15, 0.2) is 48.0 Å². The van der Waals surface area contributed by atoms with E-state index in [9.17, 15) is 14.4 Å².